The van der Waals surface area contributed by atoms with Gasteiger partial charge >= 0.3 is 0 Å². The van der Waals surface area contributed by atoms with Crippen LogP contribution < -0.4 is 4.74 Å². The van der Waals surface area contributed by atoms with E-state index >= 15 is 0 Å². The van der Waals surface area contributed by atoms with Crippen molar-refractivity contribution in [3.05, 3.63) is 34.3 Å². The van der Waals surface area contributed by atoms with Crippen molar-refractivity contribution in [2.75, 3.05) is 7.11 Å². The molecule has 2 rings (SSSR count). The number of aromatic nitrogens is 2. The van der Waals surface area contributed by atoms with Gasteiger partial charge in [0.25, 0.3) is 0 Å². The van der Waals surface area contributed by atoms with E-state index in [4.69, 9.17) is 16.3 Å². The molecule has 0 bridgehead atoms. The minimum atomic E-state index is 0.655. The molecule has 1 aromatic carbocycles. The maximum Gasteiger partial charge on any atom is 0.138 e. The topological polar surface area (TPSA) is 35.0 Å². The summed E-state index contributed by atoms with van der Waals surface area (Å²) >= 11 is 8.78. The van der Waals surface area contributed by atoms with Crippen molar-refractivity contribution in [3.63, 3.8) is 0 Å². The molecule has 0 fully saturated rings. The number of rotatable bonds is 4. The van der Waals surface area contributed by atoms with Crippen LogP contribution in [0, 0.1) is 0 Å². The van der Waals surface area contributed by atoms with E-state index in [0.717, 1.165) is 16.3 Å². The molecule has 0 spiro atoms. The Labute approximate surface area is 107 Å². The van der Waals surface area contributed by atoms with E-state index in [0.29, 0.717) is 10.1 Å². The predicted octanol–water partition coefficient (Wildman–Crippen LogP) is 3.49. The summed E-state index contributed by atoms with van der Waals surface area (Å²) < 4.78 is 9.70. The number of ether oxygens (including phenoxy) is 1. The molecule has 0 unspecified atom stereocenters. The molecule has 0 aliphatic rings. The maximum atomic E-state index is 5.93. The molecule has 0 saturated carbocycles. The molecule has 16 heavy (non-hydrogen) atoms. The highest BCUT2D eigenvalue weighted by Crippen LogP contribution is 2.32. The van der Waals surface area contributed by atoms with Gasteiger partial charge in [-0.1, -0.05) is 28.2 Å². The molecule has 0 aliphatic carbocycles. The smallest absolute Gasteiger partial charge is 0.138 e. The Morgan fingerprint density at radius 3 is 2.94 bits per heavy atom. The summed E-state index contributed by atoms with van der Waals surface area (Å²) in [4.78, 5) is 1.08. The van der Waals surface area contributed by atoms with E-state index in [1.165, 1.54) is 11.5 Å². The van der Waals surface area contributed by atoms with E-state index in [-0.39, 0.29) is 0 Å². The van der Waals surface area contributed by atoms with Gasteiger partial charge in [-0.05, 0) is 12.1 Å². The number of nitrogens with zero attached hydrogens (tertiary/aromatic N) is 2. The van der Waals surface area contributed by atoms with E-state index in [2.05, 4.69) is 9.59 Å². The number of methoxy groups -OCH3 is 1. The molecule has 0 amide bonds. The lowest BCUT2D eigenvalue weighted by Gasteiger charge is -2.06. The van der Waals surface area contributed by atoms with Crippen LogP contribution in [0.4, 0.5) is 0 Å². The third kappa shape index (κ3) is 2.66. The number of hydrogen-bond donors (Lipinski definition) is 0. The van der Waals surface area contributed by atoms with E-state index in [9.17, 15) is 0 Å². The van der Waals surface area contributed by atoms with Gasteiger partial charge in [0, 0.05) is 22.2 Å². The fourth-order valence-corrected chi connectivity index (χ4v) is 2.93. The molecular weight excluding hydrogens is 264 g/mol. The first kappa shape index (κ1) is 11.7. The SMILES string of the molecule is COc1ccccc1SCc1nnsc1Cl. The van der Waals surface area contributed by atoms with Crippen LogP contribution in [0.5, 0.6) is 5.75 Å². The minimum Gasteiger partial charge on any atom is -0.496 e. The lowest BCUT2D eigenvalue weighted by molar-refractivity contribution is 0.405. The van der Waals surface area contributed by atoms with Crippen LogP contribution in [-0.4, -0.2) is 16.7 Å². The number of halogens is 1. The van der Waals surface area contributed by atoms with Crippen LogP contribution in [0.3, 0.4) is 0 Å². The summed E-state index contributed by atoms with van der Waals surface area (Å²) in [5.74, 6) is 1.57. The van der Waals surface area contributed by atoms with Gasteiger partial charge in [-0.15, -0.1) is 16.9 Å². The standard InChI is InChI=1S/C10H9ClN2OS2/c1-14-8-4-2-3-5-9(8)15-6-7-10(11)16-13-12-7/h2-5H,6H2,1H3. The van der Waals surface area contributed by atoms with Crippen molar-refractivity contribution >= 4 is 34.9 Å². The van der Waals surface area contributed by atoms with Crippen molar-refractivity contribution in [3.8, 4) is 5.75 Å². The maximum absolute atomic E-state index is 5.93. The second-order valence-corrected chi connectivity index (χ2v) is 5.31. The van der Waals surface area contributed by atoms with Crippen LogP contribution >= 0.6 is 34.9 Å². The van der Waals surface area contributed by atoms with Crippen molar-refractivity contribution in [1.82, 2.24) is 9.59 Å². The Morgan fingerprint density at radius 1 is 1.44 bits per heavy atom. The summed E-state index contributed by atoms with van der Waals surface area (Å²) in [6.07, 6.45) is 0. The van der Waals surface area contributed by atoms with Gasteiger partial charge in [-0.25, -0.2) is 0 Å². The van der Waals surface area contributed by atoms with Gasteiger partial charge in [0.1, 0.15) is 15.8 Å². The monoisotopic (exact) mass is 272 g/mol. The van der Waals surface area contributed by atoms with Crippen molar-refractivity contribution in [2.24, 2.45) is 0 Å². The summed E-state index contributed by atoms with van der Waals surface area (Å²) in [6.45, 7) is 0. The Morgan fingerprint density at radius 2 is 2.25 bits per heavy atom. The molecule has 84 valence electrons. The third-order valence-corrected chi connectivity index (χ3v) is 3.99. The quantitative estimate of drug-likeness (QED) is 0.798. The fourth-order valence-electron chi connectivity index (χ4n) is 1.17. The number of para-hydroxylation sites is 1. The minimum absolute atomic E-state index is 0.655. The van der Waals surface area contributed by atoms with E-state index < -0.39 is 0 Å². The molecule has 0 atom stereocenters. The first-order chi connectivity index (χ1) is 7.81. The van der Waals surface area contributed by atoms with Crippen LogP contribution in [0.25, 0.3) is 0 Å². The summed E-state index contributed by atoms with van der Waals surface area (Å²) in [5, 5.41) is 3.96. The molecular formula is C10H9ClN2OS2. The Balaban J connectivity index is 2.07. The van der Waals surface area contributed by atoms with Crippen LogP contribution in [-0.2, 0) is 5.75 Å². The van der Waals surface area contributed by atoms with Gasteiger partial charge in [0.15, 0.2) is 0 Å². The molecule has 0 N–H and O–H groups in total. The molecule has 1 heterocycles. The number of benzene rings is 1. The van der Waals surface area contributed by atoms with Gasteiger partial charge in [0.05, 0.1) is 7.11 Å². The lowest BCUT2D eigenvalue weighted by Crippen LogP contribution is -1.87. The zero-order valence-corrected chi connectivity index (χ0v) is 10.9. The average molecular weight is 273 g/mol. The summed E-state index contributed by atoms with van der Waals surface area (Å²) in [6, 6.07) is 7.87. The Kier molecular flexibility index (Phi) is 4.04. The summed E-state index contributed by atoms with van der Waals surface area (Å²) in [5.41, 5.74) is 0.822. The fraction of sp³-hybridized carbons (Fsp3) is 0.200. The average Bonchev–Trinajstić information content (AvgIpc) is 2.72. The second-order valence-electron chi connectivity index (χ2n) is 2.93. The van der Waals surface area contributed by atoms with Crippen LogP contribution in [0.1, 0.15) is 5.69 Å². The molecule has 0 radical (unpaired) electrons. The third-order valence-electron chi connectivity index (χ3n) is 1.94. The van der Waals surface area contributed by atoms with Crippen molar-refractivity contribution < 1.29 is 4.74 Å². The van der Waals surface area contributed by atoms with Gasteiger partial charge in [0.2, 0.25) is 0 Å². The van der Waals surface area contributed by atoms with E-state index in [1.807, 2.05) is 24.3 Å². The Hall–Kier alpha value is -0.780. The first-order valence-corrected chi connectivity index (χ1v) is 6.67. The van der Waals surface area contributed by atoms with E-state index in [1.54, 1.807) is 18.9 Å². The van der Waals surface area contributed by atoms with Crippen LogP contribution in [0.15, 0.2) is 29.2 Å². The summed E-state index contributed by atoms with van der Waals surface area (Å²) in [7, 11) is 1.66. The number of thioether (sulfide) groups is 1. The zero-order chi connectivity index (χ0) is 11.4. The zero-order valence-electron chi connectivity index (χ0n) is 8.51. The Bertz CT molecular complexity index is 475. The molecule has 6 heteroatoms. The highest BCUT2D eigenvalue weighted by molar-refractivity contribution is 7.98. The molecule has 2 aromatic rings. The largest absolute Gasteiger partial charge is 0.496 e. The van der Waals surface area contributed by atoms with Gasteiger partial charge in [-0.3, -0.25) is 0 Å². The lowest BCUT2D eigenvalue weighted by atomic mass is 10.3. The predicted molar refractivity (Wildman–Crippen MR) is 67.5 cm³/mol. The van der Waals surface area contributed by atoms with Gasteiger partial charge < -0.3 is 4.74 Å². The van der Waals surface area contributed by atoms with Gasteiger partial charge in [-0.2, -0.15) is 0 Å². The molecule has 0 saturated heterocycles. The first-order valence-electron chi connectivity index (χ1n) is 4.54. The van der Waals surface area contributed by atoms with Crippen molar-refractivity contribution in [2.45, 2.75) is 10.6 Å². The highest BCUT2D eigenvalue weighted by Gasteiger charge is 2.08. The number of hydrogen-bond acceptors (Lipinski definition) is 5. The highest BCUT2D eigenvalue weighted by atomic mass is 35.5. The second kappa shape index (κ2) is 5.52. The van der Waals surface area contributed by atoms with Crippen LogP contribution in [0.2, 0.25) is 4.34 Å². The molecule has 0 aliphatic heterocycles. The molecule has 3 nitrogen and oxygen atoms in total. The normalized spacial score (nSPS) is 10.4. The molecule has 1 aromatic heterocycles. The van der Waals surface area contributed by atoms with Crippen molar-refractivity contribution in [1.29, 1.82) is 0 Å².